The first-order valence-electron chi connectivity index (χ1n) is 6.41. The highest BCUT2D eigenvalue weighted by molar-refractivity contribution is 7.21. The van der Waals surface area contributed by atoms with Crippen LogP contribution in [0.3, 0.4) is 0 Å². The molecule has 1 heterocycles. The smallest absolute Gasteiger partial charge is 0.267 e. The Morgan fingerprint density at radius 2 is 1.86 bits per heavy atom. The number of carbonyl (C=O) groups is 1. The number of nitrogens with one attached hydrogen (secondary N) is 1. The number of benzene rings is 2. The number of hydrogen-bond donors (Lipinski definition) is 1. The molecule has 0 aliphatic rings. The molecule has 0 radical (unpaired) electrons. The van der Waals surface area contributed by atoms with Gasteiger partial charge in [0.1, 0.15) is 10.6 Å². The van der Waals surface area contributed by atoms with Crippen molar-refractivity contribution in [1.29, 1.82) is 0 Å². The lowest BCUT2D eigenvalue weighted by atomic mass is 10.2. The van der Waals surface area contributed by atoms with Crippen LogP contribution in [0.2, 0.25) is 10.0 Å². The van der Waals surface area contributed by atoms with Gasteiger partial charge in [-0.05, 0) is 42.5 Å². The largest absolute Gasteiger partial charge is 0.497 e. The number of fused-ring (bicyclic) bond motifs is 1. The Kier molecular flexibility index (Phi) is 4.25. The maximum atomic E-state index is 12.4. The van der Waals surface area contributed by atoms with Gasteiger partial charge in [0.15, 0.2) is 0 Å². The number of anilines is 1. The van der Waals surface area contributed by atoms with E-state index in [1.165, 1.54) is 11.3 Å². The molecule has 0 bridgehead atoms. The zero-order valence-corrected chi connectivity index (χ0v) is 13.9. The summed E-state index contributed by atoms with van der Waals surface area (Å²) in [5.41, 5.74) is 0.667. The molecule has 112 valence electrons. The lowest BCUT2D eigenvalue weighted by Gasteiger charge is -2.03. The number of halogens is 2. The average Bonchev–Trinajstić information content (AvgIpc) is 2.86. The molecular weight excluding hydrogens is 341 g/mol. The molecule has 3 rings (SSSR count). The van der Waals surface area contributed by atoms with E-state index < -0.39 is 0 Å². The Hall–Kier alpha value is -1.75. The van der Waals surface area contributed by atoms with E-state index in [4.69, 9.17) is 27.9 Å². The van der Waals surface area contributed by atoms with Crippen molar-refractivity contribution in [1.82, 2.24) is 0 Å². The van der Waals surface area contributed by atoms with Gasteiger partial charge in [-0.3, -0.25) is 4.79 Å². The molecule has 1 N–H and O–H groups in total. The molecular formula is C16H11Cl2NO2S. The van der Waals surface area contributed by atoms with Gasteiger partial charge in [0.2, 0.25) is 0 Å². The molecule has 3 aromatic rings. The van der Waals surface area contributed by atoms with Crippen molar-refractivity contribution in [3.63, 3.8) is 0 Å². The third-order valence-electron chi connectivity index (χ3n) is 3.14. The molecule has 0 saturated heterocycles. The second-order valence-electron chi connectivity index (χ2n) is 4.57. The van der Waals surface area contributed by atoms with E-state index in [0.717, 1.165) is 10.1 Å². The van der Waals surface area contributed by atoms with Crippen molar-refractivity contribution in [3.05, 3.63) is 57.4 Å². The Morgan fingerprint density at radius 3 is 2.55 bits per heavy atom. The molecule has 0 fully saturated rings. The molecule has 1 amide bonds. The first-order valence-corrected chi connectivity index (χ1v) is 7.98. The van der Waals surface area contributed by atoms with Crippen molar-refractivity contribution in [2.75, 3.05) is 12.4 Å². The number of carbonyl (C=O) groups excluding carboxylic acids is 1. The monoisotopic (exact) mass is 351 g/mol. The first-order chi connectivity index (χ1) is 10.6. The Morgan fingerprint density at radius 1 is 1.14 bits per heavy atom. The fraction of sp³-hybridized carbons (Fsp3) is 0.0625. The number of thiophene rings is 1. The zero-order chi connectivity index (χ0) is 15.7. The summed E-state index contributed by atoms with van der Waals surface area (Å²) in [6.45, 7) is 0. The van der Waals surface area contributed by atoms with Gasteiger partial charge in [0.25, 0.3) is 5.91 Å². The van der Waals surface area contributed by atoms with Crippen LogP contribution in [0.1, 0.15) is 9.67 Å². The summed E-state index contributed by atoms with van der Waals surface area (Å²) in [7, 11) is 1.59. The van der Waals surface area contributed by atoms with E-state index in [2.05, 4.69) is 5.32 Å². The van der Waals surface area contributed by atoms with Crippen molar-refractivity contribution < 1.29 is 9.53 Å². The van der Waals surface area contributed by atoms with Crippen molar-refractivity contribution in [2.24, 2.45) is 0 Å². The molecule has 0 spiro atoms. The van der Waals surface area contributed by atoms with E-state index >= 15 is 0 Å². The normalized spacial score (nSPS) is 10.7. The Labute approximate surface area is 141 Å². The van der Waals surface area contributed by atoms with Crippen LogP contribution >= 0.6 is 34.5 Å². The predicted molar refractivity (Wildman–Crippen MR) is 92.8 cm³/mol. The van der Waals surface area contributed by atoms with Crippen LogP contribution in [0.5, 0.6) is 5.75 Å². The molecule has 0 unspecified atom stereocenters. The van der Waals surface area contributed by atoms with E-state index in [1.807, 2.05) is 18.2 Å². The fourth-order valence-corrected chi connectivity index (χ4v) is 3.55. The van der Waals surface area contributed by atoms with Gasteiger partial charge in [-0.25, -0.2) is 0 Å². The minimum absolute atomic E-state index is 0.243. The van der Waals surface area contributed by atoms with E-state index in [0.29, 0.717) is 26.4 Å². The average molecular weight is 352 g/mol. The molecule has 0 saturated carbocycles. The van der Waals surface area contributed by atoms with Crippen LogP contribution < -0.4 is 10.1 Å². The molecule has 6 heteroatoms. The second-order valence-corrected chi connectivity index (χ2v) is 6.43. The maximum absolute atomic E-state index is 12.4. The van der Waals surface area contributed by atoms with Crippen molar-refractivity contribution in [2.45, 2.75) is 0 Å². The number of hydrogen-bond acceptors (Lipinski definition) is 3. The quantitative estimate of drug-likeness (QED) is 0.679. The van der Waals surface area contributed by atoms with Crippen LogP contribution in [-0.4, -0.2) is 13.0 Å². The molecule has 0 atom stereocenters. The van der Waals surface area contributed by atoms with Crippen molar-refractivity contribution >= 4 is 56.2 Å². The SMILES string of the molecule is COc1ccc2sc(C(=O)Nc3ccc(Cl)cc3)c(Cl)c2c1. The van der Waals surface area contributed by atoms with Crippen LogP contribution in [0, 0.1) is 0 Å². The Bertz CT molecular complexity index is 843. The van der Waals surface area contributed by atoms with E-state index in [-0.39, 0.29) is 5.91 Å². The topological polar surface area (TPSA) is 38.3 Å². The van der Waals surface area contributed by atoms with Gasteiger partial charge in [-0.1, -0.05) is 23.2 Å². The summed E-state index contributed by atoms with van der Waals surface area (Å²) in [6.07, 6.45) is 0. The number of rotatable bonds is 3. The first kappa shape index (κ1) is 15.2. The van der Waals surface area contributed by atoms with Crippen LogP contribution in [0.4, 0.5) is 5.69 Å². The van der Waals surface area contributed by atoms with Crippen molar-refractivity contribution in [3.8, 4) is 5.75 Å². The van der Waals surface area contributed by atoms with Gasteiger partial charge >= 0.3 is 0 Å². The molecule has 22 heavy (non-hydrogen) atoms. The van der Waals surface area contributed by atoms with Gasteiger partial charge in [-0.2, -0.15) is 0 Å². The fourth-order valence-electron chi connectivity index (χ4n) is 2.04. The van der Waals surface area contributed by atoms with Crippen LogP contribution in [-0.2, 0) is 0 Å². The molecule has 3 nitrogen and oxygen atoms in total. The standard InChI is InChI=1S/C16H11Cl2NO2S/c1-21-11-6-7-13-12(8-11)14(18)15(22-13)16(20)19-10-4-2-9(17)3-5-10/h2-8H,1H3,(H,19,20). The lowest BCUT2D eigenvalue weighted by molar-refractivity contribution is 0.103. The molecule has 0 aliphatic carbocycles. The highest BCUT2D eigenvalue weighted by atomic mass is 35.5. The number of amides is 1. The molecule has 1 aromatic heterocycles. The maximum Gasteiger partial charge on any atom is 0.267 e. The minimum atomic E-state index is -0.243. The zero-order valence-electron chi connectivity index (χ0n) is 11.5. The van der Waals surface area contributed by atoms with E-state index in [9.17, 15) is 4.79 Å². The predicted octanol–water partition coefficient (Wildman–Crippen LogP) is 5.47. The summed E-state index contributed by atoms with van der Waals surface area (Å²) in [5, 5.41) is 4.68. The van der Waals surface area contributed by atoms with E-state index in [1.54, 1.807) is 31.4 Å². The van der Waals surface area contributed by atoms with Gasteiger partial charge in [-0.15, -0.1) is 11.3 Å². The highest BCUT2D eigenvalue weighted by Gasteiger charge is 2.17. The van der Waals surface area contributed by atoms with Gasteiger partial charge in [0.05, 0.1) is 12.1 Å². The summed E-state index contributed by atoms with van der Waals surface area (Å²) in [6, 6.07) is 12.5. The third kappa shape index (κ3) is 2.90. The minimum Gasteiger partial charge on any atom is -0.497 e. The van der Waals surface area contributed by atoms with Crippen LogP contribution in [0.25, 0.3) is 10.1 Å². The van der Waals surface area contributed by atoms with Crippen LogP contribution in [0.15, 0.2) is 42.5 Å². The Balaban J connectivity index is 1.93. The van der Waals surface area contributed by atoms with Gasteiger partial charge < -0.3 is 10.1 Å². The summed E-state index contributed by atoms with van der Waals surface area (Å²) >= 11 is 13.5. The summed E-state index contributed by atoms with van der Waals surface area (Å²) in [5.74, 6) is 0.462. The van der Waals surface area contributed by atoms with Gasteiger partial charge in [0, 0.05) is 20.8 Å². The highest BCUT2D eigenvalue weighted by Crippen LogP contribution is 2.37. The third-order valence-corrected chi connectivity index (χ3v) is 5.07. The summed E-state index contributed by atoms with van der Waals surface area (Å²) < 4.78 is 6.12. The summed E-state index contributed by atoms with van der Waals surface area (Å²) in [4.78, 5) is 12.9. The number of ether oxygens (including phenoxy) is 1. The molecule has 0 aliphatic heterocycles. The number of methoxy groups -OCH3 is 1. The second kappa shape index (κ2) is 6.16. The lowest BCUT2D eigenvalue weighted by Crippen LogP contribution is -2.10. The molecule has 2 aromatic carbocycles.